The molecular weight excluding hydrogens is 294 g/mol. The van der Waals surface area contributed by atoms with Crippen LogP contribution in [-0.2, 0) is 4.79 Å². The lowest BCUT2D eigenvalue weighted by molar-refractivity contribution is -0.143. The van der Waals surface area contributed by atoms with Gasteiger partial charge < -0.3 is 19.5 Å². The Kier molecular flexibility index (Phi) is 4.48. The molecule has 1 aromatic carbocycles. The third-order valence-corrected chi connectivity index (χ3v) is 5.35. The minimum Gasteiger partial charge on any atom is -0.481 e. The predicted molar refractivity (Wildman–Crippen MR) is 86.9 cm³/mol. The number of likely N-dealkylation sites (tertiary alicyclic amines) is 1. The molecule has 5 nitrogen and oxygen atoms in total. The van der Waals surface area contributed by atoms with Gasteiger partial charge >= 0.3 is 5.97 Å². The van der Waals surface area contributed by atoms with Gasteiger partial charge in [0.05, 0.1) is 5.92 Å². The molecule has 0 amide bonds. The highest BCUT2D eigenvalue weighted by Gasteiger charge is 2.45. The molecule has 1 N–H and O–H groups in total. The number of benzene rings is 1. The van der Waals surface area contributed by atoms with Crippen molar-refractivity contribution in [2.45, 2.75) is 38.6 Å². The van der Waals surface area contributed by atoms with Gasteiger partial charge in [0.2, 0.25) is 6.79 Å². The molecule has 1 aromatic rings. The van der Waals surface area contributed by atoms with Crippen LogP contribution in [0.5, 0.6) is 11.5 Å². The topological polar surface area (TPSA) is 59.0 Å². The van der Waals surface area contributed by atoms with Gasteiger partial charge in [0, 0.05) is 18.5 Å². The fourth-order valence-electron chi connectivity index (χ4n) is 3.80. The first-order valence-corrected chi connectivity index (χ1v) is 8.33. The molecule has 4 unspecified atom stereocenters. The fraction of sp³-hybridized carbons (Fsp3) is 0.611. The number of fused-ring (bicyclic) bond motifs is 1. The monoisotopic (exact) mass is 319 g/mol. The highest BCUT2D eigenvalue weighted by Crippen LogP contribution is 2.42. The van der Waals surface area contributed by atoms with Crippen LogP contribution in [-0.4, -0.2) is 42.4 Å². The summed E-state index contributed by atoms with van der Waals surface area (Å²) in [6, 6.07) is 5.90. The van der Waals surface area contributed by atoms with Crippen LogP contribution in [0, 0.1) is 11.8 Å². The van der Waals surface area contributed by atoms with Gasteiger partial charge in [-0.3, -0.25) is 4.79 Å². The van der Waals surface area contributed by atoms with Gasteiger partial charge in [0.1, 0.15) is 0 Å². The maximum atomic E-state index is 12.0. The molecule has 0 radical (unpaired) electrons. The number of ether oxygens (including phenoxy) is 2. The minimum absolute atomic E-state index is 0.0129. The van der Waals surface area contributed by atoms with E-state index < -0.39 is 5.97 Å². The number of aliphatic carboxylic acids is 1. The van der Waals surface area contributed by atoms with Crippen molar-refractivity contribution in [2.24, 2.45) is 11.8 Å². The number of carboxylic acid groups (broad SMARTS) is 1. The largest absolute Gasteiger partial charge is 0.481 e. The molecule has 1 saturated heterocycles. The van der Waals surface area contributed by atoms with Gasteiger partial charge in [-0.2, -0.15) is 0 Å². The van der Waals surface area contributed by atoms with E-state index in [1.165, 1.54) is 0 Å². The molecule has 0 spiro atoms. The normalized spacial score (nSPS) is 28.0. The number of rotatable bonds is 5. The van der Waals surface area contributed by atoms with E-state index in [9.17, 15) is 9.90 Å². The van der Waals surface area contributed by atoms with Crippen molar-refractivity contribution >= 4 is 5.97 Å². The third-order valence-electron chi connectivity index (χ3n) is 5.35. The first-order valence-electron chi connectivity index (χ1n) is 8.33. The lowest BCUT2D eigenvalue weighted by Crippen LogP contribution is -2.35. The molecule has 2 aliphatic heterocycles. The first-order chi connectivity index (χ1) is 11.0. The highest BCUT2D eigenvalue weighted by molar-refractivity contribution is 5.73. The third kappa shape index (κ3) is 3.02. The van der Waals surface area contributed by atoms with Crippen molar-refractivity contribution in [1.29, 1.82) is 0 Å². The Balaban J connectivity index is 1.87. The van der Waals surface area contributed by atoms with E-state index >= 15 is 0 Å². The van der Waals surface area contributed by atoms with Crippen molar-refractivity contribution in [3.63, 3.8) is 0 Å². The van der Waals surface area contributed by atoms with Crippen LogP contribution in [0.1, 0.15) is 38.2 Å². The Morgan fingerprint density at radius 1 is 1.39 bits per heavy atom. The van der Waals surface area contributed by atoms with E-state index in [2.05, 4.69) is 18.7 Å². The maximum Gasteiger partial charge on any atom is 0.308 e. The SMILES string of the molecule is CCC(C)CC1C(C(=O)O)C(c2ccc3c(c2)OCO3)CN1C. The van der Waals surface area contributed by atoms with E-state index in [0.29, 0.717) is 5.92 Å². The van der Waals surface area contributed by atoms with Gasteiger partial charge in [-0.05, 0) is 37.1 Å². The Hall–Kier alpha value is -1.75. The Morgan fingerprint density at radius 2 is 2.13 bits per heavy atom. The van der Waals surface area contributed by atoms with Crippen molar-refractivity contribution in [3.8, 4) is 11.5 Å². The average Bonchev–Trinajstić information content (AvgIpc) is 3.11. The van der Waals surface area contributed by atoms with Crippen molar-refractivity contribution in [3.05, 3.63) is 23.8 Å². The Labute approximate surface area is 137 Å². The van der Waals surface area contributed by atoms with Crippen LogP contribution in [0.3, 0.4) is 0 Å². The average molecular weight is 319 g/mol. The number of likely N-dealkylation sites (N-methyl/N-ethyl adjacent to an activating group) is 1. The molecule has 23 heavy (non-hydrogen) atoms. The number of carboxylic acids is 1. The van der Waals surface area contributed by atoms with Gasteiger partial charge in [-0.1, -0.05) is 26.3 Å². The number of hydrogen-bond acceptors (Lipinski definition) is 4. The van der Waals surface area contributed by atoms with Crippen molar-refractivity contribution in [2.75, 3.05) is 20.4 Å². The maximum absolute atomic E-state index is 12.0. The summed E-state index contributed by atoms with van der Waals surface area (Å²) in [6.07, 6.45) is 2.00. The molecule has 3 rings (SSSR count). The quantitative estimate of drug-likeness (QED) is 0.904. The molecule has 2 aliphatic rings. The number of hydrogen-bond donors (Lipinski definition) is 1. The zero-order valence-corrected chi connectivity index (χ0v) is 14.0. The molecule has 0 bridgehead atoms. The summed E-state index contributed by atoms with van der Waals surface area (Å²) >= 11 is 0. The fourth-order valence-corrected chi connectivity index (χ4v) is 3.80. The number of carbonyl (C=O) groups is 1. The lowest BCUT2D eigenvalue weighted by atomic mass is 9.82. The van der Waals surface area contributed by atoms with Gasteiger partial charge in [-0.15, -0.1) is 0 Å². The molecule has 2 heterocycles. The van der Waals surface area contributed by atoms with E-state index in [-0.39, 0.29) is 24.7 Å². The molecule has 0 aliphatic carbocycles. The molecule has 4 atom stereocenters. The summed E-state index contributed by atoms with van der Waals surface area (Å²) in [5.74, 6) is 0.892. The summed E-state index contributed by atoms with van der Waals surface area (Å²) in [5, 5.41) is 9.83. The van der Waals surface area contributed by atoms with Crippen LogP contribution in [0.25, 0.3) is 0 Å². The van der Waals surface area contributed by atoms with E-state index in [1.807, 2.05) is 25.2 Å². The molecule has 5 heteroatoms. The van der Waals surface area contributed by atoms with Crippen molar-refractivity contribution in [1.82, 2.24) is 4.90 Å². The minimum atomic E-state index is -0.703. The summed E-state index contributed by atoms with van der Waals surface area (Å²) < 4.78 is 10.8. The van der Waals surface area contributed by atoms with E-state index in [4.69, 9.17) is 9.47 Å². The zero-order chi connectivity index (χ0) is 16.6. The van der Waals surface area contributed by atoms with Crippen LogP contribution in [0.4, 0.5) is 0 Å². The number of nitrogens with zero attached hydrogens (tertiary/aromatic N) is 1. The lowest BCUT2D eigenvalue weighted by Gasteiger charge is -2.26. The summed E-state index contributed by atoms with van der Waals surface area (Å²) in [4.78, 5) is 14.2. The van der Waals surface area contributed by atoms with E-state index in [1.54, 1.807) is 0 Å². The Morgan fingerprint density at radius 3 is 2.83 bits per heavy atom. The van der Waals surface area contributed by atoms with Crippen molar-refractivity contribution < 1.29 is 19.4 Å². The van der Waals surface area contributed by atoms with Gasteiger partial charge in [0.15, 0.2) is 11.5 Å². The molecule has 0 saturated carbocycles. The van der Waals surface area contributed by atoms with Crippen LogP contribution in [0.15, 0.2) is 18.2 Å². The molecular formula is C18H25NO4. The smallest absolute Gasteiger partial charge is 0.308 e. The standard InChI is InChI=1S/C18H25NO4/c1-4-11(2)7-14-17(18(20)21)13(9-19(14)3)12-5-6-15-16(8-12)23-10-22-15/h5-6,8,11,13-14,17H,4,7,9-10H2,1-3H3,(H,20,21). The van der Waals surface area contributed by atoms with E-state index in [0.717, 1.165) is 36.4 Å². The summed E-state index contributed by atoms with van der Waals surface area (Å²) in [6.45, 7) is 5.35. The molecule has 1 fully saturated rings. The Bertz CT molecular complexity index is 588. The summed E-state index contributed by atoms with van der Waals surface area (Å²) in [7, 11) is 2.04. The first kappa shape index (κ1) is 16.1. The van der Waals surface area contributed by atoms with Gasteiger partial charge in [0.25, 0.3) is 0 Å². The second-order valence-corrected chi connectivity index (χ2v) is 6.84. The van der Waals surface area contributed by atoms with Gasteiger partial charge in [-0.25, -0.2) is 0 Å². The second kappa shape index (κ2) is 6.40. The van der Waals surface area contributed by atoms with Crippen LogP contribution >= 0.6 is 0 Å². The molecule has 126 valence electrons. The summed E-state index contributed by atoms with van der Waals surface area (Å²) in [5.41, 5.74) is 1.03. The highest BCUT2D eigenvalue weighted by atomic mass is 16.7. The second-order valence-electron chi connectivity index (χ2n) is 6.84. The predicted octanol–water partition coefficient (Wildman–Crippen LogP) is 2.95. The van der Waals surface area contributed by atoms with Crippen LogP contribution in [0.2, 0.25) is 0 Å². The zero-order valence-electron chi connectivity index (χ0n) is 14.0. The molecule has 0 aromatic heterocycles. The van der Waals surface area contributed by atoms with Crippen LogP contribution < -0.4 is 9.47 Å².